The number of hydrogen-bond donors (Lipinski definition) is 0. The number of esters is 1. The summed E-state index contributed by atoms with van der Waals surface area (Å²) in [5.74, 6) is 0.192. The van der Waals surface area contributed by atoms with E-state index in [4.69, 9.17) is 4.74 Å². The molecule has 0 amide bonds. The molecule has 0 radical (unpaired) electrons. The molecule has 2 heterocycles. The second-order valence-electron chi connectivity index (χ2n) is 5.22. The van der Waals surface area contributed by atoms with E-state index in [0.717, 1.165) is 0 Å². The number of carbonyl (C=O) groups excluding carboxylic acids is 1. The second kappa shape index (κ2) is 7.06. The van der Waals surface area contributed by atoms with E-state index in [1.165, 1.54) is 18.0 Å². The molecule has 130 valence electrons. The summed E-state index contributed by atoms with van der Waals surface area (Å²) in [6.45, 7) is 0.615. The maximum absolute atomic E-state index is 12.5. The maximum atomic E-state index is 12.5. The predicted octanol–water partition coefficient (Wildman–Crippen LogP) is 1.76. The van der Waals surface area contributed by atoms with Crippen LogP contribution >= 0.6 is 15.9 Å². The summed E-state index contributed by atoms with van der Waals surface area (Å²) in [7, 11) is 3.06. The quantitative estimate of drug-likeness (QED) is 0.599. The highest BCUT2D eigenvalue weighted by Crippen LogP contribution is 2.17. The average Bonchev–Trinajstić information content (AvgIpc) is 2.91. The van der Waals surface area contributed by atoms with Gasteiger partial charge in [-0.3, -0.25) is 9.36 Å². The fraction of sp³-hybridized carbons (Fsp3) is 0.250. The molecule has 1 aromatic carbocycles. The van der Waals surface area contributed by atoms with Gasteiger partial charge in [0.25, 0.3) is 5.56 Å². The van der Waals surface area contributed by atoms with Gasteiger partial charge in [-0.05, 0) is 40.2 Å². The van der Waals surface area contributed by atoms with Gasteiger partial charge in [0.1, 0.15) is 28.7 Å². The Morgan fingerprint density at radius 2 is 2.00 bits per heavy atom. The lowest BCUT2D eigenvalue weighted by molar-refractivity contribution is 0.0600. The lowest BCUT2D eigenvalue weighted by Gasteiger charge is -2.08. The number of ether oxygens (including phenoxy) is 2. The zero-order valence-corrected chi connectivity index (χ0v) is 15.2. The van der Waals surface area contributed by atoms with Gasteiger partial charge in [0, 0.05) is 7.05 Å². The third kappa shape index (κ3) is 3.41. The molecule has 0 aliphatic carbocycles. The van der Waals surface area contributed by atoms with Crippen LogP contribution in [-0.4, -0.2) is 39.0 Å². The van der Waals surface area contributed by atoms with E-state index in [0.29, 0.717) is 33.5 Å². The smallest absolute Gasteiger partial charge is 0.337 e. The predicted molar refractivity (Wildman–Crippen MR) is 93.7 cm³/mol. The molecule has 3 rings (SSSR count). The monoisotopic (exact) mass is 406 g/mol. The van der Waals surface area contributed by atoms with Gasteiger partial charge in [-0.1, -0.05) is 0 Å². The van der Waals surface area contributed by atoms with E-state index in [1.54, 1.807) is 36.0 Å². The molecule has 0 bridgehead atoms. The molecule has 8 nitrogen and oxygen atoms in total. The molecule has 3 aromatic rings. The van der Waals surface area contributed by atoms with Crippen LogP contribution in [0.2, 0.25) is 0 Å². The molecule has 25 heavy (non-hydrogen) atoms. The zero-order chi connectivity index (χ0) is 18.0. The number of aromatic nitrogens is 4. The Balaban J connectivity index is 1.69. The van der Waals surface area contributed by atoms with Crippen LogP contribution < -0.4 is 10.3 Å². The highest BCUT2D eigenvalue weighted by Gasteiger charge is 2.13. The molecule has 0 spiro atoms. The fourth-order valence-electron chi connectivity index (χ4n) is 2.36. The molecule has 2 aromatic heterocycles. The minimum Gasteiger partial charge on any atom is -0.492 e. The number of methoxy groups -OCH3 is 1. The van der Waals surface area contributed by atoms with Crippen molar-refractivity contribution in [1.82, 2.24) is 19.3 Å². The molecular formula is C16H15BrN4O4. The Bertz CT molecular complexity index is 978. The maximum Gasteiger partial charge on any atom is 0.337 e. The van der Waals surface area contributed by atoms with E-state index in [-0.39, 0.29) is 12.2 Å². The first-order valence-electron chi connectivity index (χ1n) is 7.40. The minimum atomic E-state index is -0.403. The normalized spacial score (nSPS) is 10.8. The van der Waals surface area contributed by atoms with Crippen molar-refractivity contribution in [3.05, 3.63) is 51.1 Å². The number of fused-ring (bicyclic) bond motifs is 1. The topological polar surface area (TPSA) is 88.2 Å². The zero-order valence-electron chi connectivity index (χ0n) is 13.6. The van der Waals surface area contributed by atoms with Crippen molar-refractivity contribution in [1.29, 1.82) is 0 Å². The Morgan fingerprint density at radius 3 is 2.68 bits per heavy atom. The van der Waals surface area contributed by atoms with Gasteiger partial charge < -0.3 is 9.47 Å². The van der Waals surface area contributed by atoms with E-state index < -0.39 is 5.97 Å². The van der Waals surface area contributed by atoms with E-state index in [9.17, 15) is 9.59 Å². The summed E-state index contributed by atoms with van der Waals surface area (Å²) in [5.41, 5.74) is 0.782. The SMILES string of the molecule is COC(=O)c1ccc(OCCn2cnc3c(c(Br)nn3C)c2=O)cc1. The first kappa shape index (κ1) is 17.2. The van der Waals surface area contributed by atoms with Crippen LogP contribution in [0.3, 0.4) is 0 Å². The highest BCUT2D eigenvalue weighted by atomic mass is 79.9. The van der Waals surface area contributed by atoms with Gasteiger partial charge >= 0.3 is 5.97 Å². The van der Waals surface area contributed by atoms with E-state index in [1.807, 2.05) is 0 Å². The van der Waals surface area contributed by atoms with Gasteiger partial charge in [-0.15, -0.1) is 0 Å². The number of halogens is 1. The van der Waals surface area contributed by atoms with Crippen LogP contribution in [0.1, 0.15) is 10.4 Å². The molecule has 0 aliphatic rings. The third-order valence-corrected chi connectivity index (χ3v) is 4.20. The lowest BCUT2D eigenvalue weighted by atomic mass is 10.2. The molecule has 0 saturated carbocycles. The van der Waals surface area contributed by atoms with Crippen LogP contribution in [0, 0.1) is 0 Å². The molecule has 0 unspecified atom stereocenters. The van der Waals surface area contributed by atoms with Crippen molar-refractivity contribution in [2.24, 2.45) is 7.05 Å². The van der Waals surface area contributed by atoms with Crippen molar-refractivity contribution < 1.29 is 14.3 Å². The average molecular weight is 407 g/mol. The molecule has 0 N–H and O–H groups in total. The largest absolute Gasteiger partial charge is 0.492 e. The minimum absolute atomic E-state index is 0.186. The number of carbonyl (C=O) groups is 1. The van der Waals surface area contributed by atoms with Crippen molar-refractivity contribution in [3.63, 3.8) is 0 Å². The lowest BCUT2D eigenvalue weighted by Crippen LogP contribution is -2.23. The molecule has 0 fully saturated rings. The first-order valence-corrected chi connectivity index (χ1v) is 8.19. The standard InChI is InChI=1S/C16H15BrN4O4/c1-20-14-12(13(17)19-20)15(22)21(9-18-14)7-8-25-11-5-3-10(4-6-11)16(23)24-2/h3-6,9H,7-8H2,1-2H3. The van der Waals surface area contributed by atoms with E-state index in [2.05, 4.69) is 30.7 Å². The van der Waals surface area contributed by atoms with Crippen LogP contribution in [-0.2, 0) is 18.3 Å². The van der Waals surface area contributed by atoms with Crippen LogP contribution in [0.4, 0.5) is 0 Å². The fourth-order valence-corrected chi connectivity index (χ4v) is 2.95. The summed E-state index contributed by atoms with van der Waals surface area (Å²) < 4.78 is 13.7. The number of benzene rings is 1. The van der Waals surface area contributed by atoms with Gasteiger partial charge in [0.15, 0.2) is 5.65 Å². The Hall–Kier alpha value is -2.68. The Labute approximate surface area is 151 Å². The molecular weight excluding hydrogens is 392 g/mol. The highest BCUT2D eigenvalue weighted by molar-refractivity contribution is 9.10. The van der Waals surface area contributed by atoms with Gasteiger partial charge in [0.05, 0.1) is 19.2 Å². The number of rotatable bonds is 5. The molecule has 9 heteroatoms. The Kier molecular flexibility index (Phi) is 4.84. The van der Waals surface area contributed by atoms with Crippen LogP contribution in [0.5, 0.6) is 5.75 Å². The van der Waals surface area contributed by atoms with Gasteiger partial charge in [-0.2, -0.15) is 5.10 Å². The number of nitrogens with zero attached hydrogens (tertiary/aromatic N) is 4. The second-order valence-corrected chi connectivity index (χ2v) is 5.97. The van der Waals surface area contributed by atoms with Crippen LogP contribution in [0.25, 0.3) is 11.0 Å². The Morgan fingerprint density at radius 1 is 1.28 bits per heavy atom. The van der Waals surface area contributed by atoms with Crippen molar-refractivity contribution >= 4 is 32.9 Å². The van der Waals surface area contributed by atoms with Crippen LogP contribution in [0.15, 0.2) is 40.0 Å². The molecule has 0 atom stereocenters. The third-order valence-electron chi connectivity index (χ3n) is 3.64. The summed E-state index contributed by atoms with van der Waals surface area (Å²) in [6, 6.07) is 6.59. The summed E-state index contributed by atoms with van der Waals surface area (Å²) in [5, 5.41) is 4.58. The van der Waals surface area contributed by atoms with Crippen molar-refractivity contribution in [2.45, 2.75) is 6.54 Å². The van der Waals surface area contributed by atoms with Crippen molar-refractivity contribution in [2.75, 3.05) is 13.7 Å². The summed E-state index contributed by atoms with van der Waals surface area (Å²) >= 11 is 3.28. The molecule has 0 aliphatic heterocycles. The molecule has 0 saturated heterocycles. The number of hydrogen-bond acceptors (Lipinski definition) is 6. The number of aryl methyl sites for hydroxylation is 1. The summed E-state index contributed by atoms with van der Waals surface area (Å²) in [4.78, 5) is 28.1. The van der Waals surface area contributed by atoms with E-state index >= 15 is 0 Å². The van der Waals surface area contributed by atoms with Crippen molar-refractivity contribution in [3.8, 4) is 5.75 Å². The van der Waals surface area contributed by atoms with Gasteiger partial charge in [0.2, 0.25) is 0 Å². The van der Waals surface area contributed by atoms with Gasteiger partial charge in [-0.25, -0.2) is 14.5 Å². The first-order chi connectivity index (χ1) is 12.0. The summed E-state index contributed by atoms with van der Waals surface area (Å²) in [6.07, 6.45) is 1.47.